The van der Waals surface area contributed by atoms with Crippen molar-refractivity contribution in [1.82, 2.24) is 0 Å². The minimum Gasteiger partial charge on any atom is -0.407 e. The standard InChI is InChI=1S/C23H30O3Si/c1-23(2,3)27(21-14-6-4-7-15-21,22-16-8-5-9-17-22)26-19-11-13-20(25)12-10-18-24/h4-9,14-18H,10-13,19H2,1-3H3. The van der Waals surface area contributed by atoms with Gasteiger partial charge in [-0.2, -0.15) is 0 Å². The summed E-state index contributed by atoms with van der Waals surface area (Å²) in [5, 5.41) is 2.43. The quantitative estimate of drug-likeness (QED) is 0.356. The van der Waals surface area contributed by atoms with Crippen LogP contribution in [0.3, 0.4) is 0 Å². The summed E-state index contributed by atoms with van der Waals surface area (Å²) in [7, 11) is -2.51. The van der Waals surface area contributed by atoms with Crippen molar-refractivity contribution in [1.29, 1.82) is 0 Å². The van der Waals surface area contributed by atoms with Crippen LogP contribution in [0.25, 0.3) is 0 Å². The molecule has 0 saturated carbocycles. The van der Waals surface area contributed by atoms with E-state index in [1.807, 2.05) is 12.1 Å². The van der Waals surface area contributed by atoms with Gasteiger partial charge in [0.2, 0.25) is 0 Å². The van der Waals surface area contributed by atoms with Crippen LogP contribution in [0.5, 0.6) is 0 Å². The molecule has 0 unspecified atom stereocenters. The van der Waals surface area contributed by atoms with E-state index >= 15 is 0 Å². The largest absolute Gasteiger partial charge is 0.407 e. The molecule has 0 spiro atoms. The first-order valence-corrected chi connectivity index (χ1v) is 11.5. The first kappa shape index (κ1) is 21.3. The van der Waals surface area contributed by atoms with Crippen molar-refractivity contribution >= 4 is 30.8 Å². The average Bonchev–Trinajstić information content (AvgIpc) is 2.67. The van der Waals surface area contributed by atoms with Crippen LogP contribution in [0.2, 0.25) is 5.04 Å². The highest BCUT2D eigenvalue weighted by Gasteiger charge is 2.49. The van der Waals surface area contributed by atoms with Crippen molar-refractivity contribution in [3.63, 3.8) is 0 Å². The molecule has 4 heteroatoms. The second-order valence-electron chi connectivity index (χ2n) is 7.86. The number of carbonyl (C=O) groups is 2. The predicted octanol–water partition coefficient (Wildman–Crippen LogP) is 3.89. The Balaban J connectivity index is 2.27. The molecule has 0 aliphatic carbocycles. The van der Waals surface area contributed by atoms with E-state index in [4.69, 9.17) is 4.43 Å². The molecule has 0 atom stereocenters. The lowest BCUT2D eigenvalue weighted by atomic mass is 10.1. The summed E-state index contributed by atoms with van der Waals surface area (Å²) in [5.41, 5.74) is 0. The van der Waals surface area contributed by atoms with E-state index in [2.05, 4.69) is 69.3 Å². The molecule has 27 heavy (non-hydrogen) atoms. The van der Waals surface area contributed by atoms with Gasteiger partial charge < -0.3 is 9.22 Å². The van der Waals surface area contributed by atoms with Crippen molar-refractivity contribution in [2.24, 2.45) is 0 Å². The lowest BCUT2D eigenvalue weighted by molar-refractivity contribution is -0.120. The molecule has 0 amide bonds. The van der Waals surface area contributed by atoms with Gasteiger partial charge in [0.15, 0.2) is 0 Å². The number of rotatable bonds is 10. The summed E-state index contributed by atoms with van der Waals surface area (Å²) in [6.07, 6.45) is 2.60. The number of aldehydes is 1. The van der Waals surface area contributed by atoms with Gasteiger partial charge in [0.1, 0.15) is 12.1 Å². The van der Waals surface area contributed by atoms with E-state index in [1.165, 1.54) is 10.4 Å². The Morgan fingerprint density at radius 2 is 1.44 bits per heavy atom. The van der Waals surface area contributed by atoms with Crippen LogP contribution < -0.4 is 10.4 Å². The molecule has 0 aliphatic heterocycles. The first-order valence-electron chi connectivity index (χ1n) is 9.62. The number of Topliss-reactive ketones (excluding diaryl/α,β-unsaturated/α-hetero) is 1. The molecule has 2 rings (SSSR count). The van der Waals surface area contributed by atoms with Crippen LogP contribution in [0, 0.1) is 0 Å². The molecular weight excluding hydrogens is 352 g/mol. The van der Waals surface area contributed by atoms with Crippen molar-refractivity contribution < 1.29 is 14.0 Å². The summed E-state index contributed by atoms with van der Waals surface area (Å²) < 4.78 is 6.74. The van der Waals surface area contributed by atoms with Crippen molar-refractivity contribution in [3.8, 4) is 0 Å². The maximum Gasteiger partial charge on any atom is 0.261 e. The highest BCUT2D eigenvalue weighted by Crippen LogP contribution is 2.36. The second-order valence-corrected chi connectivity index (χ2v) is 12.2. The summed E-state index contributed by atoms with van der Waals surface area (Å²) >= 11 is 0. The van der Waals surface area contributed by atoms with E-state index < -0.39 is 8.32 Å². The van der Waals surface area contributed by atoms with Gasteiger partial charge in [0.25, 0.3) is 8.32 Å². The average molecular weight is 383 g/mol. The molecule has 0 bridgehead atoms. The van der Waals surface area contributed by atoms with Crippen molar-refractivity contribution in [3.05, 3.63) is 60.7 Å². The fourth-order valence-corrected chi connectivity index (χ4v) is 8.21. The zero-order chi connectivity index (χ0) is 19.8. The monoisotopic (exact) mass is 382 g/mol. The fourth-order valence-electron chi connectivity index (χ4n) is 3.60. The van der Waals surface area contributed by atoms with E-state index in [-0.39, 0.29) is 10.8 Å². The summed E-state index contributed by atoms with van der Waals surface area (Å²) in [5.74, 6) is 0.133. The van der Waals surface area contributed by atoms with Gasteiger partial charge in [-0.1, -0.05) is 81.4 Å². The number of ketones is 1. The maximum absolute atomic E-state index is 11.9. The molecule has 0 N–H and O–H groups in total. The Hall–Kier alpha value is -2.04. The third-order valence-electron chi connectivity index (χ3n) is 4.88. The Morgan fingerprint density at radius 1 is 0.926 bits per heavy atom. The van der Waals surface area contributed by atoms with Crippen LogP contribution in [0.4, 0.5) is 0 Å². The molecule has 3 nitrogen and oxygen atoms in total. The minimum absolute atomic E-state index is 0.0583. The summed E-state index contributed by atoms with van der Waals surface area (Å²) in [6, 6.07) is 21.0. The van der Waals surface area contributed by atoms with Gasteiger partial charge in [-0.3, -0.25) is 4.79 Å². The normalized spacial score (nSPS) is 12.0. The molecule has 0 fully saturated rings. The van der Waals surface area contributed by atoms with Gasteiger partial charge in [-0.05, 0) is 21.8 Å². The summed E-state index contributed by atoms with van der Waals surface area (Å²) in [6.45, 7) is 7.28. The third-order valence-corrected chi connectivity index (χ3v) is 9.92. The molecule has 2 aromatic carbocycles. The highest BCUT2D eigenvalue weighted by molar-refractivity contribution is 6.99. The van der Waals surface area contributed by atoms with Gasteiger partial charge in [0, 0.05) is 25.9 Å². The van der Waals surface area contributed by atoms with Crippen molar-refractivity contribution in [2.45, 2.75) is 51.5 Å². The van der Waals surface area contributed by atoms with Gasteiger partial charge in [0.05, 0.1) is 0 Å². The highest BCUT2D eigenvalue weighted by atomic mass is 28.4. The molecule has 2 aromatic rings. The molecule has 0 aromatic heterocycles. The summed E-state index contributed by atoms with van der Waals surface area (Å²) in [4.78, 5) is 22.3. The third kappa shape index (κ3) is 5.24. The number of hydrogen-bond acceptors (Lipinski definition) is 3. The maximum atomic E-state index is 11.9. The second kappa shape index (κ2) is 9.77. The van der Waals surface area contributed by atoms with Crippen LogP contribution in [0.1, 0.15) is 46.5 Å². The minimum atomic E-state index is -2.51. The Morgan fingerprint density at radius 3 is 1.89 bits per heavy atom. The van der Waals surface area contributed by atoms with Gasteiger partial charge in [-0.15, -0.1) is 0 Å². The van der Waals surface area contributed by atoms with Gasteiger partial charge in [-0.25, -0.2) is 0 Å². The van der Waals surface area contributed by atoms with E-state index in [9.17, 15) is 9.59 Å². The number of carbonyl (C=O) groups excluding carboxylic acids is 2. The lowest BCUT2D eigenvalue weighted by Crippen LogP contribution is -2.66. The van der Waals surface area contributed by atoms with Crippen LogP contribution in [-0.2, 0) is 14.0 Å². The molecule has 0 aliphatic rings. The SMILES string of the molecule is CC(C)(C)[Si](OCCCC(=O)CCC=O)(c1ccccc1)c1ccccc1. The zero-order valence-corrected chi connectivity index (χ0v) is 17.6. The van der Waals surface area contributed by atoms with Crippen LogP contribution in [0.15, 0.2) is 60.7 Å². The van der Waals surface area contributed by atoms with E-state index in [0.717, 1.165) is 6.29 Å². The number of hydrogen-bond donors (Lipinski definition) is 0. The fraction of sp³-hybridized carbons (Fsp3) is 0.391. The first-order chi connectivity index (χ1) is 12.9. The lowest BCUT2D eigenvalue weighted by Gasteiger charge is -2.43. The Labute approximate surface area is 163 Å². The molecule has 0 radical (unpaired) electrons. The zero-order valence-electron chi connectivity index (χ0n) is 16.6. The predicted molar refractivity (Wildman–Crippen MR) is 113 cm³/mol. The topological polar surface area (TPSA) is 43.4 Å². The molecule has 144 valence electrons. The molecular formula is C23H30O3Si. The van der Waals surface area contributed by atoms with Gasteiger partial charge >= 0.3 is 0 Å². The molecule has 0 heterocycles. The Kier molecular flexibility index (Phi) is 7.69. The molecule has 0 saturated heterocycles. The van der Waals surface area contributed by atoms with Crippen molar-refractivity contribution in [2.75, 3.05) is 6.61 Å². The van der Waals surface area contributed by atoms with E-state index in [0.29, 0.717) is 32.3 Å². The number of benzene rings is 2. The smallest absolute Gasteiger partial charge is 0.261 e. The van der Waals surface area contributed by atoms with E-state index in [1.54, 1.807) is 0 Å². The Bertz CT molecular complexity index is 681. The van der Waals surface area contributed by atoms with Crippen LogP contribution >= 0.6 is 0 Å². The van der Waals surface area contributed by atoms with Crippen LogP contribution in [-0.4, -0.2) is 27.0 Å².